The van der Waals surface area contributed by atoms with Gasteiger partial charge < -0.3 is 10.2 Å². The highest BCUT2D eigenvalue weighted by atomic mass is 16.4. The van der Waals surface area contributed by atoms with Crippen LogP contribution in [0, 0.1) is 0 Å². The highest BCUT2D eigenvalue weighted by molar-refractivity contribution is 5.92. The molecule has 0 radical (unpaired) electrons. The average Bonchev–Trinajstić information content (AvgIpc) is 2.05. The number of carboxylic acids is 1. The second-order valence-electron chi connectivity index (χ2n) is 2.52. The molecule has 0 spiro atoms. The summed E-state index contributed by atoms with van der Waals surface area (Å²) in [4.78, 5) is 10.5. The molecule has 0 saturated heterocycles. The van der Waals surface area contributed by atoms with E-state index < -0.39 is 5.97 Å². The molecule has 0 aliphatic heterocycles. The first-order valence-electron chi connectivity index (χ1n) is 3.65. The van der Waals surface area contributed by atoms with E-state index in [1.807, 2.05) is 13.0 Å². The Morgan fingerprint density at radius 1 is 1.67 bits per heavy atom. The first-order chi connectivity index (χ1) is 5.65. The molecule has 0 unspecified atom stereocenters. The Labute approximate surface area is 70.3 Å². The number of aliphatic hydroxyl groups excluding tert-OH is 1. The van der Waals surface area contributed by atoms with Crippen molar-refractivity contribution in [2.75, 3.05) is 0 Å². The van der Waals surface area contributed by atoms with Gasteiger partial charge in [0.05, 0.1) is 0 Å². The van der Waals surface area contributed by atoms with Crippen LogP contribution in [-0.4, -0.2) is 16.2 Å². The third kappa shape index (κ3) is 1.56. The molecular weight excluding hydrogens is 156 g/mol. The second-order valence-corrected chi connectivity index (χ2v) is 2.52. The molecular formula is C9H10O3. The van der Waals surface area contributed by atoms with Gasteiger partial charge in [0.2, 0.25) is 0 Å². The van der Waals surface area contributed by atoms with Crippen LogP contribution in [0.25, 0.3) is 0 Å². The van der Waals surface area contributed by atoms with Crippen LogP contribution >= 0.6 is 0 Å². The van der Waals surface area contributed by atoms with E-state index in [0.29, 0.717) is 6.42 Å². The standard InChI is InChI=1S/C9H10O3/c1-2-6-3-4-8(10)7(5-6)9(11)12/h2,4-5,10H,3H2,1H3,(H,11,12). The largest absolute Gasteiger partial charge is 0.507 e. The smallest absolute Gasteiger partial charge is 0.339 e. The van der Waals surface area contributed by atoms with E-state index in [2.05, 4.69) is 0 Å². The Morgan fingerprint density at radius 3 is 2.83 bits per heavy atom. The Balaban J connectivity index is 3.02. The van der Waals surface area contributed by atoms with E-state index in [1.165, 1.54) is 12.2 Å². The summed E-state index contributed by atoms with van der Waals surface area (Å²) in [6, 6.07) is 0. The maximum Gasteiger partial charge on any atom is 0.339 e. The van der Waals surface area contributed by atoms with E-state index >= 15 is 0 Å². The van der Waals surface area contributed by atoms with E-state index in [4.69, 9.17) is 10.2 Å². The van der Waals surface area contributed by atoms with E-state index in [9.17, 15) is 4.79 Å². The maximum atomic E-state index is 10.5. The molecule has 1 aliphatic rings. The Kier molecular flexibility index (Phi) is 2.33. The van der Waals surface area contributed by atoms with E-state index in [0.717, 1.165) is 5.57 Å². The zero-order valence-electron chi connectivity index (χ0n) is 6.74. The molecule has 0 aromatic carbocycles. The highest BCUT2D eigenvalue weighted by Crippen LogP contribution is 2.20. The highest BCUT2D eigenvalue weighted by Gasteiger charge is 2.15. The topological polar surface area (TPSA) is 57.5 Å². The minimum Gasteiger partial charge on any atom is -0.507 e. The molecule has 0 aromatic heterocycles. The molecule has 0 heterocycles. The predicted octanol–water partition coefficient (Wildman–Crippen LogP) is 1.79. The molecule has 1 rings (SSSR count). The molecule has 0 saturated carbocycles. The minimum atomic E-state index is -1.09. The van der Waals surface area contributed by atoms with Gasteiger partial charge >= 0.3 is 5.97 Å². The van der Waals surface area contributed by atoms with Crippen LogP contribution < -0.4 is 0 Å². The van der Waals surface area contributed by atoms with Gasteiger partial charge in [-0.3, -0.25) is 0 Å². The molecule has 2 N–H and O–H groups in total. The van der Waals surface area contributed by atoms with Crippen LogP contribution in [0.3, 0.4) is 0 Å². The Morgan fingerprint density at radius 2 is 2.33 bits per heavy atom. The molecule has 0 aromatic rings. The summed E-state index contributed by atoms with van der Waals surface area (Å²) in [6.07, 6.45) is 5.40. The van der Waals surface area contributed by atoms with Crippen molar-refractivity contribution >= 4 is 5.97 Å². The zero-order valence-corrected chi connectivity index (χ0v) is 6.74. The van der Waals surface area contributed by atoms with Gasteiger partial charge in [0.15, 0.2) is 0 Å². The van der Waals surface area contributed by atoms with Crippen LogP contribution in [-0.2, 0) is 4.79 Å². The molecule has 12 heavy (non-hydrogen) atoms. The molecule has 0 amide bonds. The molecule has 0 fully saturated rings. The fraction of sp³-hybridized carbons (Fsp3) is 0.222. The van der Waals surface area contributed by atoms with Crippen molar-refractivity contribution in [2.24, 2.45) is 0 Å². The molecule has 3 nitrogen and oxygen atoms in total. The average molecular weight is 166 g/mol. The third-order valence-corrected chi connectivity index (χ3v) is 1.74. The van der Waals surface area contributed by atoms with Crippen LogP contribution in [0.15, 0.2) is 35.1 Å². The number of carboxylic acid groups (broad SMARTS) is 1. The lowest BCUT2D eigenvalue weighted by molar-refractivity contribution is -0.132. The molecule has 3 heteroatoms. The number of hydrogen-bond donors (Lipinski definition) is 2. The van der Waals surface area contributed by atoms with Crippen LogP contribution in [0.1, 0.15) is 13.3 Å². The first-order valence-corrected chi connectivity index (χ1v) is 3.65. The van der Waals surface area contributed by atoms with Crippen molar-refractivity contribution in [2.45, 2.75) is 13.3 Å². The SMILES string of the molecule is CC=C1C=C(C(=O)O)C(O)=CC1. The summed E-state index contributed by atoms with van der Waals surface area (Å²) < 4.78 is 0. The molecule has 0 bridgehead atoms. The number of hydrogen-bond acceptors (Lipinski definition) is 2. The van der Waals surface area contributed by atoms with Crippen LogP contribution in [0.2, 0.25) is 0 Å². The molecule has 1 aliphatic carbocycles. The summed E-state index contributed by atoms with van der Waals surface area (Å²) in [5.41, 5.74) is 0.875. The molecule has 64 valence electrons. The normalized spacial score (nSPS) is 20.2. The van der Waals surface area contributed by atoms with Crippen LogP contribution in [0.4, 0.5) is 0 Å². The molecule has 0 atom stereocenters. The van der Waals surface area contributed by atoms with Gasteiger partial charge in [-0.1, -0.05) is 6.08 Å². The van der Waals surface area contributed by atoms with E-state index in [-0.39, 0.29) is 11.3 Å². The number of aliphatic hydroxyl groups is 1. The van der Waals surface area contributed by atoms with Crippen molar-refractivity contribution < 1.29 is 15.0 Å². The van der Waals surface area contributed by atoms with E-state index in [1.54, 1.807) is 0 Å². The summed E-state index contributed by atoms with van der Waals surface area (Å²) in [5, 5.41) is 17.8. The Hall–Kier alpha value is -1.51. The zero-order chi connectivity index (χ0) is 9.14. The first kappa shape index (κ1) is 8.59. The van der Waals surface area contributed by atoms with Crippen molar-refractivity contribution in [3.63, 3.8) is 0 Å². The Bertz CT molecular complexity index is 295. The number of rotatable bonds is 1. The summed E-state index contributed by atoms with van der Waals surface area (Å²) >= 11 is 0. The summed E-state index contributed by atoms with van der Waals surface area (Å²) in [5.74, 6) is -1.24. The number of carbonyl (C=O) groups is 1. The van der Waals surface area contributed by atoms with Crippen molar-refractivity contribution in [3.8, 4) is 0 Å². The lowest BCUT2D eigenvalue weighted by Gasteiger charge is -2.08. The lowest BCUT2D eigenvalue weighted by Crippen LogP contribution is -2.06. The fourth-order valence-electron chi connectivity index (χ4n) is 1.02. The van der Waals surface area contributed by atoms with Gasteiger partial charge in [-0.15, -0.1) is 0 Å². The van der Waals surface area contributed by atoms with Gasteiger partial charge in [-0.05, 0) is 31.1 Å². The second kappa shape index (κ2) is 3.26. The fourth-order valence-corrected chi connectivity index (χ4v) is 1.02. The van der Waals surface area contributed by atoms with Gasteiger partial charge in [0.25, 0.3) is 0 Å². The van der Waals surface area contributed by atoms with Gasteiger partial charge in [0, 0.05) is 0 Å². The predicted molar refractivity (Wildman–Crippen MR) is 44.8 cm³/mol. The number of allylic oxidation sites excluding steroid dienone is 4. The minimum absolute atomic E-state index is 0.0330. The quantitative estimate of drug-likeness (QED) is 0.624. The van der Waals surface area contributed by atoms with Crippen molar-refractivity contribution in [3.05, 3.63) is 35.1 Å². The van der Waals surface area contributed by atoms with Crippen molar-refractivity contribution in [1.29, 1.82) is 0 Å². The summed E-state index contributed by atoms with van der Waals surface area (Å²) in [7, 11) is 0. The van der Waals surface area contributed by atoms with Gasteiger partial charge in [-0.25, -0.2) is 4.79 Å². The summed E-state index contributed by atoms with van der Waals surface area (Å²) in [6.45, 7) is 1.83. The lowest BCUT2D eigenvalue weighted by atomic mass is 10.0. The van der Waals surface area contributed by atoms with Gasteiger partial charge in [-0.2, -0.15) is 0 Å². The van der Waals surface area contributed by atoms with Gasteiger partial charge in [0.1, 0.15) is 11.3 Å². The maximum absolute atomic E-state index is 10.5. The third-order valence-electron chi connectivity index (χ3n) is 1.74. The van der Waals surface area contributed by atoms with Crippen molar-refractivity contribution in [1.82, 2.24) is 0 Å². The van der Waals surface area contributed by atoms with Crippen LogP contribution in [0.5, 0.6) is 0 Å². The number of aliphatic carboxylic acids is 1. The monoisotopic (exact) mass is 166 g/mol.